The van der Waals surface area contributed by atoms with Crippen molar-refractivity contribution in [2.24, 2.45) is 0 Å². The van der Waals surface area contributed by atoms with Crippen molar-refractivity contribution in [1.29, 1.82) is 0 Å². The number of nitrogens with zero attached hydrogens (tertiary/aromatic N) is 2. The Morgan fingerprint density at radius 2 is 2.00 bits per heavy atom. The lowest BCUT2D eigenvalue weighted by Gasteiger charge is -2.04. The van der Waals surface area contributed by atoms with Gasteiger partial charge in [-0.05, 0) is 23.4 Å². The number of amides is 1. The Kier molecular flexibility index (Phi) is 5.16. The first-order chi connectivity index (χ1) is 11.3. The van der Waals surface area contributed by atoms with Crippen molar-refractivity contribution in [3.05, 3.63) is 58.6 Å². The maximum absolute atomic E-state index is 11.8. The zero-order valence-electron chi connectivity index (χ0n) is 12.6. The van der Waals surface area contributed by atoms with Crippen LogP contribution in [0.1, 0.15) is 17.9 Å². The van der Waals surface area contributed by atoms with Crippen molar-refractivity contribution in [2.75, 3.05) is 6.54 Å². The van der Waals surface area contributed by atoms with E-state index in [2.05, 4.69) is 27.6 Å². The highest BCUT2D eigenvalue weighted by Gasteiger charge is 2.10. The van der Waals surface area contributed by atoms with E-state index in [0.717, 1.165) is 12.0 Å². The smallest absolute Gasteiger partial charge is 0.248 e. The first-order valence-corrected chi connectivity index (χ1v) is 8.41. The van der Waals surface area contributed by atoms with E-state index in [9.17, 15) is 4.79 Å². The van der Waals surface area contributed by atoms with Gasteiger partial charge in [-0.3, -0.25) is 4.79 Å². The number of aryl methyl sites for hydroxylation is 1. The minimum Gasteiger partial charge on any atom is -0.421 e. The van der Waals surface area contributed by atoms with Gasteiger partial charge in [-0.2, -0.15) is 11.3 Å². The van der Waals surface area contributed by atoms with Crippen LogP contribution in [0.4, 0.5) is 0 Å². The lowest BCUT2D eigenvalue weighted by atomic mass is 10.1. The maximum atomic E-state index is 11.8. The number of aromatic nitrogens is 2. The molecule has 0 atom stereocenters. The highest BCUT2D eigenvalue weighted by Crippen LogP contribution is 2.20. The molecular formula is C17H17N3O2S. The molecule has 0 fully saturated rings. The van der Waals surface area contributed by atoms with Crippen LogP contribution in [0.3, 0.4) is 0 Å². The summed E-state index contributed by atoms with van der Waals surface area (Å²) in [5, 5.41) is 14.8. The molecule has 0 aliphatic carbocycles. The summed E-state index contributed by atoms with van der Waals surface area (Å²) >= 11 is 1.58. The first-order valence-electron chi connectivity index (χ1n) is 7.47. The Morgan fingerprint density at radius 1 is 1.13 bits per heavy atom. The molecule has 0 spiro atoms. The molecule has 0 saturated heterocycles. The molecule has 0 unspecified atom stereocenters. The van der Waals surface area contributed by atoms with Gasteiger partial charge < -0.3 is 9.73 Å². The normalized spacial score (nSPS) is 10.6. The van der Waals surface area contributed by atoms with E-state index in [1.165, 1.54) is 5.56 Å². The molecule has 0 radical (unpaired) electrons. The third-order valence-electron chi connectivity index (χ3n) is 3.38. The van der Waals surface area contributed by atoms with Crippen LogP contribution < -0.4 is 5.32 Å². The Morgan fingerprint density at radius 3 is 2.78 bits per heavy atom. The van der Waals surface area contributed by atoms with E-state index in [0.29, 0.717) is 31.2 Å². The Balaban J connectivity index is 1.41. The third-order valence-corrected chi connectivity index (χ3v) is 4.06. The summed E-state index contributed by atoms with van der Waals surface area (Å²) in [6, 6.07) is 12.0. The van der Waals surface area contributed by atoms with E-state index >= 15 is 0 Å². The van der Waals surface area contributed by atoms with Crippen molar-refractivity contribution in [1.82, 2.24) is 15.5 Å². The summed E-state index contributed by atoms with van der Waals surface area (Å²) in [4.78, 5) is 11.8. The predicted octanol–water partition coefficient (Wildman–Crippen LogP) is 3.09. The second-order valence-electron chi connectivity index (χ2n) is 5.10. The van der Waals surface area contributed by atoms with Gasteiger partial charge in [0.2, 0.25) is 17.7 Å². The van der Waals surface area contributed by atoms with Crippen LogP contribution in [0.2, 0.25) is 0 Å². The monoisotopic (exact) mass is 327 g/mol. The van der Waals surface area contributed by atoms with E-state index in [1.54, 1.807) is 11.3 Å². The summed E-state index contributed by atoms with van der Waals surface area (Å²) in [6.07, 6.45) is 1.63. The number of hydrogen-bond donors (Lipinski definition) is 1. The van der Waals surface area contributed by atoms with Crippen LogP contribution >= 0.6 is 11.3 Å². The Hall–Kier alpha value is -2.47. The molecule has 0 saturated carbocycles. The van der Waals surface area contributed by atoms with Gasteiger partial charge in [0.05, 0.1) is 0 Å². The zero-order chi connectivity index (χ0) is 15.9. The Bertz CT molecular complexity index is 738. The van der Waals surface area contributed by atoms with Crippen molar-refractivity contribution in [3.63, 3.8) is 0 Å². The van der Waals surface area contributed by atoms with Gasteiger partial charge >= 0.3 is 0 Å². The minimum atomic E-state index is -0.00351. The fourth-order valence-electron chi connectivity index (χ4n) is 2.16. The quantitative estimate of drug-likeness (QED) is 0.724. The molecule has 1 amide bonds. The second kappa shape index (κ2) is 7.69. The summed E-state index contributed by atoms with van der Waals surface area (Å²) in [7, 11) is 0. The molecule has 0 bridgehead atoms. The maximum Gasteiger partial charge on any atom is 0.248 e. The first kappa shape index (κ1) is 15.4. The summed E-state index contributed by atoms with van der Waals surface area (Å²) < 4.78 is 5.56. The van der Waals surface area contributed by atoms with Crippen LogP contribution in [0, 0.1) is 0 Å². The van der Waals surface area contributed by atoms with Crippen molar-refractivity contribution in [2.45, 2.75) is 19.3 Å². The van der Waals surface area contributed by atoms with Crippen molar-refractivity contribution >= 4 is 17.2 Å². The van der Waals surface area contributed by atoms with Gasteiger partial charge in [-0.25, -0.2) is 0 Å². The average molecular weight is 327 g/mol. The molecular weight excluding hydrogens is 310 g/mol. The van der Waals surface area contributed by atoms with Crippen molar-refractivity contribution in [3.8, 4) is 11.5 Å². The molecule has 1 aromatic carbocycles. The largest absolute Gasteiger partial charge is 0.421 e. The molecule has 1 N–H and O–H groups in total. The number of carbonyl (C=O) groups excluding carboxylic acids is 1. The van der Waals surface area contributed by atoms with Crippen molar-refractivity contribution < 1.29 is 9.21 Å². The molecule has 118 valence electrons. The summed E-state index contributed by atoms with van der Waals surface area (Å²) in [6.45, 7) is 0.632. The number of nitrogens with one attached hydrogen (secondary N) is 1. The molecule has 5 nitrogen and oxygen atoms in total. The second-order valence-corrected chi connectivity index (χ2v) is 5.88. The molecule has 0 aliphatic heterocycles. The fraction of sp³-hybridized carbons (Fsp3) is 0.235. The lowest BCUT2D eigenvalue weighted by molar-refractivity contribution is -0.121. The minimum absolute atomic E-state index is 0.00351. The van der Waals surface area contributed by atoms with E-state index in [4.69, 9.17) is 4.42 Å². The lowest BCUT2D eigenvalue weighted by Crippen LogP contribution is -2.25. The van der Waals surface area contributed by atoms with Gasteiger partial charge in [0.1, 0.15) is 0 Å². The highest BCUT2D eigenvalue weighted by molar-refractivity contribution is 7.08. The van der Waals surface area contributed by atoms with Gasteiger partial charge in [0, 0.05) is 30.3 Å². The van der Waals surface area contributed by atoms with Gasteiger partial charge in [-0.15, -0.1) is 10.2 Å². The Labute approximate surface area is 138 Å². The topological polar surface area (TPSA) is 68.0 Å². The molecule has 6 heteroatoms. The van der Waals surface area contributed by atoms with Gasteiger partial charge in [-0.1, -0.05) is 30.3 Å². The predicted molar refractivity (Wildman–Crippen MR) is 89.1 cm³/mol. The number of hydrogen-bond acceptors (Lipinski definition) is 5. The van der Waals surface area contributed by atoms with Crippen LogP contribution in [0.5, 0.6) is 0 Å². The highest BCUT2D eigenvalue weighted by atomic mass is 32.1. The third kappa shape index (κ3) is 4.50. The number of thiophene rings is 1. The zero-order valence-corrected chi connectivity index (χ0v) is 13.4. The van der Waals surface area contributed by atoms with E-state index in [1.807, 2.05) is 35.0 Å². The molecule has 2 aromatic heterocycles. The standard InChI is InChI=1S/C17H17N3O2S/c21-15(18-10-8-13-4-2-1-3-5-13)6-7-16-19-20-17(22-16)14-9-11-23-12-14/h1-5,9,11-12H,6-8,10H2,(H,18,21). The van der Waals surface area contributed by atoms with Gasteiger partial charge in [0.15, 0.2) is 0 Å². The van der Waals surface area contributed by atoms with Crippen LogP contribution in [-0.4, -0.2) is 22.6 Å². The average Bonchev–Trinajstić information content (AvgIpc) is 3.25. The molecule has 3 rings (SSSR count). The molecule has 2 heterocycles. The number of rotatable bonds is 7. The van der Waals surface area contributed by atoms with Crippen LogP contribution in [0.25, 0.3) is 11.5 Å². The van der Waals surface area contributed by atoms with Crippen LogP contribution in [0.15, 0.2) is 51.6 Å². The SMILES string of the molecule is O=C(CCc1nnc(-c2ccsc2)o1)NCCc1ccccc1. The molecule has 0 aliphatic rings. The molecule has 23 heavy (non-hydrogen) atoms. The summed E-state index contributed by atoms with van der Waals surface area (Å²) in [5.41, 5.74) is 2.13. The van der Waals surface area contributed by atoms with E-state index in [-0.39, 0.29) is 5.91 Å². The number of carbonyl (C=O) groups is 1. The molecule has 3 aromatic rings. The van der Waals surface area contributed by atoms with Crippen LogP contribution in [-0.2, 0) is 17.6 Å². The van der Waals surface area contributed by atoms with E-state index < -0.39 is 0 Å². The number of benzene rings is 1. The van der Waals surface area contributed by atoms with Gasteiger partial charge in [0.25, 0.3) is 0 Å². The fourth-order valence-corrected chi connectivity index (χ4v) is 2.79. The summed E-state index contributed by atoms with van der Waals surface area (Å²) in [5.74, 6) is 0.992.